The maximum atomic E-state index is 14.9. The highest BCUT2D eigenvalue weighted by atomic mass is 32.1. The zero-order chi connectivity index (χ0) is 27.4. The molecule has 0 radical (unpaired) electrons. The molecule has 9 nitrogen and oxygen atoms in total. The molecule has 39 heavy (non-hydrogen) atoms. The van der Waals surface area contributed by atoms with Gasteiger partial charge in [-0.25, -0.2) is 9.37 Å². The van der Waals surface area contributed by atoms with Crippen molar-refractivity contribution in [1.29, 1.82) is 0 Å². The van der Waals surface area contributed by atoms with E-state index in [2.05, 4.69) is 20.6 Å². The van der Waals surface area contributed by atoms with Crippen LogP contribution in [0.2, 0.25) is 0 Å². The van der Waals surface area contributed by atoms with Crippen LogP contribution in [0.4, 0.5) is 15.8 Å². The van der Waals surface area contributed by atoms with Crippen LogP contribution in [0.25, 0.3) is 20.8 Å². The molecule has 0 atom stereocenters. The molecule has 0 aliphatic carbocycles. The Morgan fingerprint density at radius 2 is 1.72 bits per heavy atom. The van der Waals surface area contributed by atoms with Crippen molar-refractivity contribution in [3.05, 3.63) is 79.1 Å². The number of hydrogen-bond acceptors (Lipinski definition) is 7. The smallest absolute Gasteiger partial charge is 0.233 e. The zero-order valence-electron chi connectivity index (χ0n) is 21.1. The third-order valence-electron chi connectivity index (χ3n) is 5.76. The van der Waals surface area contributed by atoms with E-state index < -0.39 is 24.1 Å². The number of fused-ring (bicyclic) bond motifs is 1. The van der Waals surface area contributed by atoms with Crippen molar-refractivity contribution in [2.24, 2.45) is 0 Å². The molecule has 0 bridgehead atoms. The Labute approximate surface area is 227 Å². The Bertz CT molecular complexity index is 1650. The highest BCUT2D eigenvalue weighted by molar-refractivity contribution is 7.22. The average Bonchev–Trinajstić information content (AvgIpc) is 3.58. The number of thiophene rings is 1. The number of carbonyl (C=O) groups is 2. The first-order valence-corrected chi connectivity index (χ1v) is 12.9. The van der Waals surface area contributed by atoms with Crippen LogP contribution in [0.15, 0.2) is 73.3 Å². The summed E-state index contributed by atoms with van der Waals surface area (Å²) < 4.78 is 28.6. The van der Waals surface area contributed by atoms with Gasteiger partial charge in [0, 0.05) is 42.4 Å². The molecule has 3 heterocycles. The molecule has 5 aromatic rings. The number of benzene rings is 2. The van der Waals surface area contributed by atoms with Crippen molar-refractivity contribution in [2.45, 2.75) is 19.9 Å². The molecule has 2 amide bonds. The van der Waals surface area contributed by atoms with Crippen LogP contribution in [0.5, 0.6) is 17.2 Å². The number of amides is 2. The zero-order valence-corrected chi connectivity index (χ0v) is 21.9. The molecule has 2 aromatic carbocycles. The van der Waals surface area contributed by atoms with Gasteiger partial charge < -0.3 is 24.7 Å². The third-order valence-corrected chi connectivity index (χ3v) is 6.92. The lowest BCUT2D eigenvalue weighted by Crippen LogP contribution is -2.21. The van der Waals surface area contributed by atoms with Crippen molar-refractivity contribution < 1.29 is 23.5 Å². The molecule has 2 N–H and O–H groups in total. The van der Waals surface area contributed by atoms with Gasteiger partial charge in [0.15, 0.2) is 11.6 Å². The number of aromatic nitrogens is 3. The van der Waals surface area contributed by atoms with E-state index in [4.69, 9.17) is 9.47 Å². The number of halogens is 1. The second-order valence-corrected chi connectivity index (χ2v) is 9.52. The molecule has 0 spiro atoms. The first kappa shape index (κ1) is 25.9. The highest BCUT2D eigenvalue weighted by Crippen LogP contribution is 2.39. The van der Waals surface area contributed by atoms with Crippen LogP contribution < -0.4 is 20.1 Å². The van der Waals surface area contributed by atoms with Gasteiger partial charge in [0.2, 0.25) is 11.8 Å². The summed E-state index contributed by atoms with van der Waals surface area (Å²) in [6, 6.07) is 14.4. The largest absolute Gasteiger partial charge is 0.497 e. The maximum absolute atomic E-state index is 14.9. The fourth-order valence-corrected chi connectivity index (χ4v) is 4.82. The molecule has 0 aliphatic heterocycles. The van der Waals surface area contributed by atoms with E-state index >= 15 is 0 Å². The average molecular weight is 546 g/mol. The molecule has 0 aliphatic rings. The summed E-state index contributed by atoms with van der Waals surface area (Å²) in [5, 5.41) is 5.16. The van der Waals surface area contributed by atoms with Gasteiger partial charge in [0.1, 0.15) is 17.9 Å². The number of hydrogen-bond donors (Lipinski definition) is 2. The molecule has 5 rings (SSSR count). The predicted octanol–water partition coefficient (Wildman–Crippen LogP) is 6.09. The number of carbonyl (C=O) groups excluding carboxylic acids is 2. The van der Waals surface area contributed by atoms with Gasteiger partial charge in [0.25, 0.3) is 0 Å². The summed E-state index contributed by atoms with van der Waals surface area (Å²) in [5.41, 5.74) is 2.28. The summed E-state index contributed by atoms with van der Waals surface area (Å²) >= 11 is 1.46. The van der Waals surface area contributed by atoms with Crippen LogP contribution >= 0.6 is 11.3 Å². The molecular formula is C28H24FN5O4S. The number of pyridine rings is 1. The van der Waals surface area contributed by atoms with E-state index in [-0.39, 0.29) is 11.4 Å². The maximum Gasteiger partial charge on any atom is 0.233 e. The second kappa shape index (κ2) is 11.3. The van der Waals surface area contributed by atoms with Crippen LogP contribution in [0, 0.1) is 5.82 Å². The van der Waals surface area contributed by atoms with Gasteiger partial charge in [-0.05, 0) is 49.4 Å². The SMILES string of the molecule is CCn1cnc(-c2cc3nccc(Oc4ccc(NC(=O)CC(=O)Nc5ccc(OC)cc5)cc4F)c3s2)c1. The van der Waals surface area contributed by atoms with E-state index in [0.29, 0.717) is 17.2 Å². The number of ether oxygens (including phenoxy) is 2. The standard InChI is InChI=1S/C28H24FN5O4S/c1-3-34-15-22(31-16-34)25-13-21-28(39-25)24(10-11-30-21)38-23-9-6-18(12-20(23)29)33-27(36)14-26(35)32-17-4-7-19(37-2)8-5-17/h4-13,15-16H,3,14H2,1-2H3,(H,32,35)(H,33,36). The minimum atomic E-state index is -0.668. The molecule has 0 saturated heterocycles. The fourth-order valence-electron chi connectivity index (χ4n) is 3.79. The molecular weight excluding hydrogens is 521 g/mol. The van der Waals surface area contributed by atoms with Crippen molar-refractivity contribution in [2.75, 3.05) is 17.7 Å². The molecule has 11 heteroatoms. The van der Waals surface area contributed by atoms with Gasteiger partial charge in [-0.2, -0.15) is 0 Å². The van der Waals surface area contributed by atoms with Crippen molar-refractivity contribution >= 4 is 44.7 Å². The second-order valence-electron chi connectivity index (χ2n) is 8.47. The number of aryl methyl sites for hydroxylation is 1. The fraction of sp³-hybridized carbons (Fsp3) is 0.143. The summed E-state index contributed by atoms with van der Waals surface area (Å²) in [7, 11) is 1.54. The number of nitrogens with zero attached hydrogens (tertiary/aromatic N) is 3. The number of rotatable bonds is 9. The number of imidazole rings is 1. The quantitative estimate of drug-likeness (QED) is 0.217. The van der Waals surface area contributed by atoms with Crippen molar-refractivity contribution in [3.63, 3.8) is 0 Å². The Hall–Kier alpha value is -4.77. The first-order chi connectivity index (χ1) is 18.9. The molecule has 0 unspecified atom stereocenters. The molecule has 0 saturated carbocycles. The van der Waals surface area contributed by atoms with Gasteiger partial charge >= 0.3 is 0 Å². The summed E-state index contributed by atoms with van der Waals surface area (Å²) in [6.07, 6.45) is 4.90. The molecule has 198 valence electrons. The van der Waals surface area contributed by atoms with Crippen molar-refractivity contribution in [3.8, 4) is 27.8 Å². The van der Waals surface area contributed by atoms with Gasteiger partial charge in [-0.3, -0.25) is 14.6 Å². The minimum absolute atomic E-state index is 0.0111. The van der Waals surface area contributed by atoms with E-state index in [9.17, 15) is 14.0 Å². The Kier molecular flexibility index (Phi) is 7.50. The summed E-state index contributed by atoms with van der Waals surface area (Å²) in [4.78, 5) is 34.3. The first-order valence-electron chi connectivity index (χ1n) is 12.0. The summed E-state index contributed by atoms with van der Waals surface area (Å²) in [5.74, 6) is -0.661. The third kappa shape index (κ3) is 6.04. The monoisotopic (exact) mass is 545 g/mol. The Morgan fingerprint density at radius 3 is 2.41 bits per heavy atom. The topological polar surface area (TPSA) is 107 Å². The van der Waals surface area contributed by atoms with Gasteiger partial charge in [-0.15, -0.1) is 11.3 Å². The van der Waals surface area contributed by atoms with E-state index in [1.807, 2.05) is 23.8 Å². The Balaban J connectivity index is 1.23. The van der Waals surface area contributed by atoms with Crippen LogP contribution in [0.1, 0.15) is 13.3 Å². The van der Waals surface area contributed by atoms with Gasteiger partial charge in [0.05, 0.1) is 34.2 Å². The van der Waals surface area contributed by atoms with E-state index in [0.717, 1.165) is 33.4 Å². The normalized spacial score (nSPS) is 10.8. The lowest BCUT2D eigenvalue weighted by Gasteiger charge is -2.10. The predicted molar refractivity (Wildman–Crippen MR) is 148 cm³/mol. The Morgan fingerprint density at radius 1 is 0.974 bits per heavy atom. The number of anilines is 2. The number of nitrogens with one attached hydrogen (secondary N) is 2. The van der Waals surface area contributed by atoms with Crippen LogP contribution in [-0.4, -0.2) is 33.5 Å². The summed E-state index contributed by atoms with van der Waals surface area (Å²) in [6.45, 7) is 2.85. The van der Waals surface area contributed by atoms with E-state index in [1.54, 1.807) is 50.0 Å². The molecule has 3 aromatic heterocycles. The van der Waals surface area contributed by atoms with Gasteiger partial charge in [-0.1, -0.05) is 0 Å². The number of methoxy groups -OCH3 is 1. The lowest BCUT2D eigenvalue weighted by atomic mass is 10.2. The van der Waals surface area contributed by atoms with Crippen LogP contribution in [-0.2, 0) is 16.1 Å². The molecule has 0 fully saturated rings. The van der Waals surface area contributed by atoms with Crippen LogP contribution in [0.3, 0.4) is 0 Å². The minimum Gasteiger partial charge on any atom is -0.497 e. The lowest BCUT2D eigenvalue weighted by molar-refractivity contribution is -0.123. The highest BCUT2D eigenvalue weighted by Gasteiger charge is 2.15. The van der Waals surface area contributed by atoms with Crippen molar-refractivity contribution in [1.82, 2.24) is 14.5 Å². The van der Waals surface area contributed by atoms with E-state index in [1.165, 1.54) is 23.5 Å².